The molecule has 3 heteroatoms. The van der Waals surface area contributed by atoms with Gasteiger partial charge in [0.1, 0.15) is 5.75 Å². The Kier molecular flexibility index (Phi) is 2.37. The van der Waals surface area contributed by atoms with E-state index in [1.54, 1.807) is 7.11 Å². The first kappa shape index (κ1) is 9.65. The van der Waals surface area contributed by atoms with Crippen LogP contribution in [-0.4, -0.2) is 11.7 Å². The van der Waals surface area contributed by atoms with Crippen molar-refractivity contribution in [2.24, 2.45) is 7.05 Å². The molecule has 2 aromatic rings. The highest BCUT2D eigenvalue weighted by Crippen LogP contribution is 2.27. The van der Waals surface area contributed by atoms with E-state index in [-0.39, 0.29) is 0 Å². The number of nitrogens with zero attached hydrogens (tertiary/aromatic N) is 1. The molecule has 0 atom stereocenters. The second-order valence-electron chi connectivity index (χ2n) is 3.52. The van der Waals surface area contributed by atoms with E-state index in [1.807, 2.05) is 48.3 Å². The Labute approximate surface area is 89.1 Å². The molecular weight excluding hydrogens is 188 g/mol. The van der Waals surface area contributed by atoms with Gasteiger partial charge in [-0.2, -0.15) is 0 Å². The van der Waals surface area contributed by atoms with Gasteiger partial charge in [-0.25, -0.2) is 0 Å². The number of ether oxygens (including phenoxy) is 1. The van der Waals surface area contributed by atoms with Crippen LogP contribution in [0.3, 0.4) is 0 Å². The highest BCUT2D eigenvalue weighted by atomic mass is 16.5. The van der Waals surface area contributed by atoms with Gasteiger partial charge in [0.15, 0.2) is 0 Å². The maximum atomic E-state index is 5.89. The summed E-state index contributed by atoms with van der Waals surface area (Å²) in [6, 6.07) is 7.87. The molecule has 0 unspecified atom stereocenters. The molecule has 0 spiro atoms. The van der Waals surface area contributed by atoms with Gasteiger partial charge in [-0.1, -0.05) is 12.1 Å². The van der Waals surface area contributed by atoms with Crippen LogP contribution in [0.1, 0.15) is 0 Å². The first-order valence-electron chi connectivity index (χ1n) is 4.76. The predicted molar refractivity (Wildman–Crippen MR) is 61.8 cm³/mol. The summed E-state index contributed by atoms with van der Waals surface area (Å²) in [6.45, 7) is 0. The normalized spacial score (nSPS) is 10.3. The summed E-state index contributed by atoms with van der Waals surface area (Å²) in [4.78, 5) is 0. The van der Waals surface area contributed by atoms with Crippen LogP contribution < -0.4 is 10.5 Å². The van der Waals surface area contributed by atoms with Gasteiger partial charge in [-0.15, -0.1) is 0 Å². The Morgan fingerprint density at radius 2 is 1.80 bits per heavy atom. The number of methoxy groups -OCH3 is 1. The molecule has 0 aliphatic heterocycles. The quantitative estimate of drug-likeness (QED) is 0.811. The number of anilines is 1. The average molecular weight is 202 g/mol. The minimum absolute atomic E-state index is 0.794. The molecule has 0 aliphatic carbocycles. The number of benzene rings is 1. The molecule has 0 saturated carbocycles. The molecule has 1 aromatic heterocycles. The minimum Gasteiger partial charge on any atom is -0.497 e. The predicted octanol–water partition coefficient (Wildman–Crippen LogP) is 2.28. The highest BCUT2D eigenvalue weighted by molar-refractivity contribution is 5.76. The Balaban J connectivity index is 2.41. The Morgan fingerprint density at radius 1 is 1.13 bits per heavy atom. The number of hydrogen-bond acceptors (Lipinski definition) is 2. The van der Waals surface area contributed by atoms with Crippen molar-refractivity contribution in [1.29, 1.82) is 0 Å². The first-order chi connectivity index (χ1) is 7.20. The van der Waals surface area contributed by atoms with Gasteiger partial charge in [0.05, 0.1) is 12.8 Å². The summed E-state index contributed by atoms with van der Waals surface area (Å²) in [7, 11) is 3.62. The molecule has 15 heavy (non-hydrogen) atoms. The summed E-state index contributed by atoms with van der Waals surface area (Å²) in [5.74, 6) is 0.855. The Morgan fingerprint density at radius 3 is 2.27 bits per heavy atom. The van der Waals surface area contributed by atoms with Crippen LogP contribution >= 0.6 is 0 Å². The van der Waals surface area contributed by atoms with E-state index < -0.39 is 0 Å². The Hall–Kier alpha value is -1.90. The van der Waals surface area contributed by atoms with E-state index in [1.165, 1.54) is 0 Å². The van der Waals surface area contributed by atoms with Crippen molar-refractivity contribution in [3.8, 4) is 16.9 Å². The molecule has 2 rings (SSSR count). The van der Waals surface area contributed by atoms with Crippen molar-refractivity contribution in [2.75, 3.05) is 12.8 Å². The fourth-order valence-electron chi connectivity index (χ4n) is 1.62. The zero-order valence-corrected chi connectivity index (χ0v) is 8.90. The van der Waals surface area contributed by atoms with Crippen molar-refractivity contribution < 1.29 is 4.74 Å². The summed E-state index contributed by atoms with van der Waals surface area (Å²) < 4.78 is 7.06. The molecule has 3 nitrogen and oxygen atoms in total. The molecule has 0 fully saturated rings. The topological polar surface area (TPSA) is 40.2 Å². The number of aromatic nitrogens is 1. The lowest BCUT2D eigenvalue weighted by atomic mass is 10.1. The van der Waals surface area contributed by atoms with E-state index in [2.05, 4.69) is 0 Å². The lowest BCUT2D eigenvalue weighted by molar-refractivity contribution is 0.415. The van der Waals surface area contributed by atoms with Crippen LogP contribution in [0.4, 0.5) is 5.69 Å². The van der Waals surface area contributed by atoms with Gasteiger partial charge >= 0.3 is 0 Å². The SMILES string of the molecule is COc1ccc(-c2cn(C)cc2N)cc1. The van der Waals surface area contributed by atoms with Crippen LogP contribution in [0.25, 0.3) is 11.1 Å². The monoisotopic (exact) mass is 202 g/mol. The third kappa shape index (κ3) is 1.81. The van der Waals surface area contributed by atoms with Gasteiger partial charge < -0.3 is 15.0 Å². The number of nitrogens with two attached hydrogens (primary N) is 1. The zero-order chi connectivity index (χ0) is 10.8. The van der Waals surface area contributed by atoms with Gasteiger partial charge in [-0.05, 0) is 17.7 Å². The second kappa shape index (κ2) is 3.69. The number of nitrogen functional groups attached to an aromatic ring is 1. The summed E-state index contributed by atoms with van der Waals surface area (Å²) in [5.41, 5.74) is 8.85. The van der Waals surface area contributed by atoms with E-state index in [4.69, 9.17) is 10.5 Å². The standard InChI is InChI=1S/C12H14N2O/c1-14-7-11(12(13)8-14)9-3-5-10(15-2)6-4-9/h3-8H,13H2,1-2H3. The smallest absolute Gasteiger partial charge is 0.118 e. The van der Waals surface area contributed by atoms with Crippen LogP contribution in [0, 0.1) is 0 Å². The summed E-state index contributed by atoms with van der Waals surface area (Å²) in [6.07, 6.45) is 3.91. The van der Waals surface area contributed by atoms with E-state index >= 15 is 0 Å². The number of hydrogen-bond donors (Lipinski definition) is 1. The van der Waals surface area contributed by atoms with Crippen molar-refractivity contribution in [2.45, 2.75) is 0 Å². The average Bonchev–Trinajstić information content (AvgIpc) is 2.58. The molecular formula is C12H14N2O. The molecule has 1 aromatic carbocycles. The van der Waals surface area contributed by atoms with Crippen LogP contribution in [0.5, 0.6) is 5.75 Å². The third-order valence-corrected chi connectivity index (χ3v) is 2.39. The number of aryl methyl sites for hydroxylation is 1. The van der Waals surface area contributed by atoms with Crippen LogP contribution in [-0.2, 0) is 7.05 Å². The van der Waals surface area contributed by atoms with E-state index in [0.29, 0.717) is 0 Å². The first-order valence-corrected chi connectivity index (χ1v) is 4.76. The zero-order valence-electron chi connectivity index (χ0n) is 8.90. The molecule has 0 radical (unpaired) electrons. The molecule has 2 N–H and O–H groups in total. The molecule has 0 saturated heterocycles. The summed E-state index contributed by atoms with van der Waals surface area (Å²) >= 11 is 0. The molecule has 0 aliphatic rings. The maximum Gasteiger partial charge on any atom is 0.118 e. The fourth-order valence-corrected chi connectivity index (χ4v) is 1.62. The molecule has 78 valence electrons. The van der Waals surface area contributed by atoms with Gasteiger partial charge in [0.25, 0.3) is 0 Å². The maximum absolute atomic E-state index is 5.89. The third-order valence-electron chi connectivity index (χ3n) is 2.39. The molecule has 0 bridgehead atoms. The van der Waals surface area contributed by atoms with Gasteiger partial charge in [0, 0.05) is 25.0 Å². The van der Waals surface area contributed by atoms with Crippen LogP contribution in [0.15, 0.2) is 36.7 Å². The van der Waals surface area contributed by atoms with E-state index in [9.17, 15) is 0 Å². The lowest BCUT2D eigenvalue weighted by Gasteiger charge is -2.02. The highest BCUT2D eigenvalue weighted by Gasteiger charge is 2.04. The van der Waals surface area contributed by atoms with Crippen molar-refractivity contribution in [1.82, 2.24) is 4.57 Å². The molecule has 1 heterocycles. The van der Waals surface area contributed by atoms with E-state index in [0.717, 1.165) is 22.6 Å². The van der Waals surface area contributed by atoms with Crippen molar-refractivity contribution in [3.63, 3.8) is 0 Å². The van der Waals surface area contributed by atoms with Crippen molar-refractivity contribution in [3.05, 3.63) is 36.7 Å². The fraction of sp³-hybridized carbons (Fsp3) is 0.167. The number of rotatable bonds is 2. The largest absolute Gasteiger partial charge is 0.497 e. The van der Waals surface area contributed by atoms with Crippen molar-refractivity contribution >= 4 is 5.69 Å². The van der Waals surface area contributed by atoms with Gasteiger partial charge in [0.2, 0.25) is 0 Å². The Bertz CT molecular complexity index is 457. The van der Waals surface area contributed by atoms with Gasteiger partial charge in [-0.3, -0.25) is 0 Å². The summed E-state index contributed by atoms with van der Waals surface area (Å²) in [5, 5.41) is 0. The minimum atomic E-state index is 0.794. The lowest BCUT2D eigenvalue weighted by Crippen LogP contribution is -1.85. The van der Waals surface area contributed by atoms with Crippen LogP contribution in [0.2, 0.25) is 0 Å². The second-order valence-corrected chi connectivity index (χ2v) is 3.52. The molecule has 0 amide bonds.